The number of thiazole rings is 1. The summed E-state index contributed by atoms with van der Waals surface area (Å²) in [6.07, 6.45) is 0. The molecule has 2 atom stereocenters. The zero-order chi connectivity index (χ0) is 15.6. The molecule has 1 N–H and O–H groups in total. The van der Waals surface area contributed by atoms with Crippen molar-refractivity contribution in [3.63, 3.8) is 0 Å². The Morgan fingerprint density at radius 1 is 1.25 bits per heavy atom. The molecule has 1 aromatic rings. The smallest absolute Gasteiger partial charge is 0.315 e. The summed E-state index contributed by atoms with van der Waals surface area (Å²) in [5.41, 5.74) is 0.911. The van der Waals surface area contributed by atoms with Crippen LogP contribution >= 0.6 is 11.3 Å². The van der Waals surface area contributed by atoms with E-state index in [0.717, 1.165) is 15.6 Å². The lowest BCUT2D eigenvalue weighted by Gasteiger charge is -2.26. The maximum absolute atomic E-state index is 12.1. The molecule has 6 heteroatoms. The van der Waals surface area contributed by atoms with Gasteiger partial charge in [-0.05, 0) is 20.8 Å². The van der Waals surface area contributed by atoms with Gasteiger partial charge >= 0.3 is 5.97 Å². The number of hydrogen-bond donors (Lipinski definition) is 1. The number of hydrogen-bond acceptors (Lipinski definition) is 4. The Morgan fingerprint density at radius 2 is 1.80 bits per heavy atom. The zero-order valence-electron chi connectivity index (χ0n) is 12.8. The first-order valence-electron chi connectivity index (χ1n) is 6.63. The lowest BCUT2D eigenvalue weighted by molar-refractivity contribution is -0.150. The number of rotatable bonds is 5. The van der Waals surface area contributed by atoms with E-state index in [9.17, 15) is 9.59 Å². The van der Waals surface area contributed by atoms with E-state index in [1.165, 1.54) is 11.8 Å². The summed E-state index contributed by atoms with van der Waals surface area (Å²) in [7, 11) is 1.64. The van der Waals surface area contributed by atoms with Gasteiger partial charge in [-0.3, -0.25) is 9.59 Å². The third-order valence-electron chi connectivity index (χ3n) is 3.39. The van der Waals surface area contributed by atoms with Gasteiger partial charge in [0, 0.05) is 17.8 Å². The van der Waals surface area contributed by atoms with E-state index in [4.69, 9.17) is 5.11 Å². The highest BCUT2D eigenvalue weighted by atomic mass is 32.1. The number of aryl methyl sites for hydroxylation is 1. The summed E-state index contributed by atoms with van der Waals surface area (Å²) in [5, 5.41) is 9.97. The second-order valence-electron chi connectivity index (χ2n) is 5.34. The normalized spacial score (nSPS) is 14.2. The molecule has 0 radical (unpaired) electrons. The fraction of sp³-hybridized carbons (Fsp3) is 0.643. The molecule has 0 aliphatic rings. The standard InChI is InChI=1S/C14H22N2O3S/c1-7(2)12-15-9(4)11(20-12)10(5)16(6)13(17)8(3)14(18)19/h7-8,10H,1-6H3,(H,18,19). The molecule has 20 heavy (non-hydrogen) atoms. The predicted molar refractivity (Wildman–Crippen MR) is 78.9 cm³/mol. The molecular formula is C14H22N2O3S. The summed E-state index contributed by atoms with van der Waals surface area (Å²) in [4.78, 5) is 30.0. The van der Waals surface area contributed by atoms with Crippen molar-refractivity contribution >= 4 is 23.2 Å². The average Bonchev–Trinajstić information content (AvgIpc) is 2.77. The van der Waals surface area contributed by atoms with E-state index in [2.05, 4.69) is 18.8 Å². The number of nitrogens with zero attached hydrogens (tertiary/aromatic N) is 2. The zero-order valence-corrected chi connectivity index (χ0v) is 13.6. The molecule has 2 unspecified atom stereocenters. The third-order valence-corrected chi connectivity index (χ3v) is 5.02. The maximum Gasteiger partial charge on any atom is 0.315 e. The monoisotopic (exact) mass is 298 g/mol. The van der Waals surface area contributed by atoms with Crippen molar-refractivity contribution in [3.8, 4) is 0 Å². The Hall–Kier alpha value is -1.43. The number of aromatic nitrogens is 1. The van der Waals surface area contributed by atoms with Crippen molar-refractivity contribution in [3.05, 3.63) is 15.6 Å². The first-order valence-corrected chi connectivity index (χ1v) is 7.45. The lowest BCUT2D eigenvalue weighted by atomic mass is 10.1. The van der Waals surface area contributed by atoms with E-state index in [-0.39, 0.29) is 11.9 Å². The van der Waals surface area contributed by atoms with E-state index >= 15 is 0 Å². The van der Waals surface area contributed by atoms with Crippen molar-refractivity contribution in [2.24, 2.45) is 5.92 Å². The lowest BCUT2D eigenvalue weighted by Crippen LogP contribution is -2.37. The summed E-state index contributed by atoms with van der Waals surface area (Å²) < 4.78 is 0. The number of aliphatic carboxylic acids is 1. The van der Waals surface area contributed by atoms with Crippen LogP contribution in [0.25, 0.3) is 0 Å². The van der Waals surface area contributed by atoms with Crippen LogP contribution in [0.5, 0.6) is 0 Å². The molecule has 0 spiro atoms. The highest BCUT2D eigenvalue weighted by Gasteiger charge is 2.29. The number of carboxylic acid groups (broad SMARTS) is 1. The molecule has 112 valence electrons. The third kappa shape index (κ3) is 3.36. The van der Waals surface area contributed by atoms with Crippen LogP contribution in [0.15, 0.2) is 0 Å². The molecule has 1 heterocycles. The Kier molecular flexibility index (Phi) is 5.28. The van der Waals surface area contributed by atoms with Crippen LogP contribution in [0.3, 0.4) is 0 Å². The number of carbonyl (C=O) groups is 2. The second-order valence-corrected chi connectivity index (χ2v) is 6.40. The van der Waals surface area contributed by atoms with Crippen LogP contribution in [0.1, 0.15) is 55.2 Å². The number of carboxylic acids is 1. The van der Waals surface area contributed by atoms with E-state index < -0.39 is 11.9 Å². The van der Waals surface area contributed by atoms with Gasteiger partial charge in [-0.25, -0.2) is 4.98 Å². The number of amides is 1. The van der Waals surface area contributed by atoms with Gasteiger partial charge in [0.15, 0.2) is 0 Å². The predicted octanol–water partition coefficient (Wildman–Crippen LogP) is 2.82. The van der Waals surface area contributed by atoms with Gasteiger partial charge in [-0.15, -0.1) is 11.3 Å². The summed E-state index contributed by atoms with van der Waals surface area (Å²) in [6.45, 7) is 9.39. The van der Waals surface area contributed by atoms with Crippen LogP contribution in [0, 0.1) is 12.8 Å². The molecule has 0 fully saturated rings. The SMILES string of the molecule is Cc1nc(C(C)C)sc1C(C)N(C)C(=O)C(C)C(=O)O. The van der Waals surface area contributed by atoms with E-state index in [1.807, 2.05) is 13.8 Å². The van der Waals surface area contributed by atoms with E-state index in [1.54, 1.807) is 18.4 Å². The summed E-state index contributed by atoms with van der Waals surface area (Å²) in [6, 6.07) is -0.172. The number of carbonyl (C=O) groups excluding carboxylic acids is 1. The van der Waals surface area contributed by atoms with Crippen molar-refractivity contribution in [1.29, 1.82) is 0 Å². The molecular weight excluding hydrogens is 276 g/mol. The Balaban J connectivity index is 2.97. The molecule has 1 rings (SSSR count). The van der Waals surface area contributed by atoms with Gasteiger partial charge in [0.1, 0.15) is 5.92 Å². The molecule has 0 aliphatic carbocycles. The maximum atomic E-state index is 12.1. The fourth-order valence-corrected chi connectivity index (χ4v) is 3.01. The highest BCUT2D eigenvalue weighted by molar-refractivity contribution is 7.11. The van der Waals surface area contributed by atoms with E-state index in [0.29, 0.717) is 5.92 Å². The summed E-state index contributed by atoms with van der Waals surface area (Å²) >= 11 is 1.59. The van der Waals surface area contributed by atoms with Crippen LogP contribution < -0.4 is 0 Å². The minimum atomic E-state index is -1.10. The van der Waals surface area contributed by atoms with Crippen molar-refractivity contribution in [1.82, 2.24) is 9.88 Å². The molecule has 0 saturated carbocycles. The molecule has 0 aliphatic heterocycles. The second kappa shape index (κ2) is 6.35. The average molecular weight is 298 g/mol. The molecule has 0 saturated heterocycles. The van der Waals surface area contributed by atoms with Crippen LogP contribution in [-0.4, -0.2) is 33.9 Å². The minimum Gasteiger partial charge on any atom is -0.481 e. The van der Waals surface area contributed by atoms with Crippen LogP contribution in [0.4, 0.5) is 0 Å². The molecule has 1 aromatic heterocycles. The first-order chi connectivity index (χ1) is 9.16. The summed E-state index contributed by atoms with van der Waals surface area (Å²) in [5.74, 6) is -2.17. The Morgan fingerprint density at radius 3 is 2.20 bits per heavy atom. The Bertz CT molecular complexity index is 511. The Labute approximate surface area is 123 Å². The van der Waals surface area contributed by atoms with Gasteiger partial charge in [0.25, 0.3) is 0 Å². The van der Waals surface area contributed by atoms with Crippen LogP contribution in [0.2, 0.25) is 0 Å². The van der Waals surface area contributed by atoms with Crippen LogP contribution in [-0.2, 0) is 9.59 Å². The van der Waals surface area contributed by atoms with Gasteiger partial charge in [0.2, 0.25) is 5.91 Å². The molecule has 0 bridgehead atoms. The van der Waals surface area contributed by atoms with Gasteiger partial charge in [-0.1, -0.05) is 13.8 Å². The molecule has 5 nitrogen and oxygen atoms in total. The molecule has 1 amide bonds. The van der Waals surface area contributed by atoms with Gasteiger partial charge in [-0.2, -0.15) is 0 Å². The first kappa shape index (κ1) is 16.6. The fourth-order valence-electron chi connectivity index (χ4n) is 1.84. The van der Waals surface area contributed by atoms with Gasteiger partial charge in [0.05, 0.1) is 16.7 Å². The molecule has 0 aromatic carbocycles. The quantitative estimate of drug-likeness (QED) is 0.849. The van der Waals surface area contributed by atoms with Crippen molar-refractivity contribution in [2.75, 3.05) is 7.05 Å². The van der Waals surface area contributed by atoms with Crippen molar-refractivity contribution < 1.29 is 14.7 Å². The van der Waals surface area contributed by atoms with Crippen molar-refractivity contribution in [2.45, 2.75) is 46.6 Å². The largest absolute Gasteiger partial charge is 0.481 e. The van der Waals surface area contributed by atoms with Gasteiger partial charge < -0.3 is 10.0 Å². The topological polar surface area (TPSA) is 70.5 Å². The minimum absolute atomic E-state index is 0.172. The highest BCUT2D eigenvalue weighted by Crippen LogP contribution is 2.32.